The predicted molar refractivity (Wildman–Crippen MR) is 49.7 cm³/mol. The van der Waals surface area contributed by atoms with Crippen molar-refractivity contribution in [3.8, 4) is 0 Å². The van der Waals surface area contributed by atoms with Gasteiger partial charge in [-0.25, -0.2) is 9.97 Å². The molecule has 5 nitrogen and oxygen atoms in total. The molecule has 3 N–H and O–H groups in total. The highest BCUT2D eigenvalue weighted by molar-refractivity contribution is 6.28. The van der Waals surface area contributed by atoms with Gasteiger partial charge in [-0.3, -0.25) is 0 Å². The van der Waals surface area contributed by atoms with Crippen LogP contribution in [-0.2, 0) is 0 Å². The van der Waals surface area contributed by atoms with E-state index in [0.717, 1.165) is 0 Å². The lowest BCUT2D eigenvalue weighted by Gasteiger charge is -2.16. The van der Waals surface area contributed by atoms with Crippen molar-refractivity contribution < 1.29 is 15.3 Å². The smallest absolute Gasteiger partial charge is 0.222 e. The van der Waals surface area contributed by atoms with Gasteiger partial charge in [-0.15, -0.1) is 0 Å². The lowest BCUT2D eigenvalue weighted by Crippen LogP contribution is -2.19. The Morgan fingerprint density at radius 2 is 1.86 bits per heavy atom. The predicted octanol–water partition coefficient (Wildman–Crippen LogP) is -0.0933. The number of aromatic nitrogens is 2. The molecule has 1 rings (SSSR count). The van der Waals surface area contributed by atoms with Crippen molar-refractivity contribution in [3.05, 3.63) is 23.2 Å². The van der Waals surface area contributed by atoms with Crippen molar-refractivity contribution in [2.45, 2.75) is 18.6 Å². The Morgan fingerprint density at radius 1 is 1.29 bits per heavy atom. The summed E-state index contributed by atoms with van der Waals surface area (Å²) in [7, 11) is 0. The monoisotopic (exact) mass is 218 g/mol. The first kappa shape index (κ1) is 11.3. The van der Waals surface area contributed by atoms with E-state index in [1.807, 2.05) is 0 Å². The Labute approximate surface area is 86.0 Å². The van der Waals surface area contributed by atoms with Crippen molar-refractivity contribution in [1.82, 2.24) is 9.97 Å². The van der Waals surface area contributed by atoms with Gasteiger partial charge in [0.1, 0.15) is 6.10 Å². The second kappa shape index (κ2) is 5.21. The molecule has 0 spiro atoms. The van der Waals surface area contributed by atoms with E-state index in [1.54, 1.807) is 0 Å². The average molecular weight is 219 g/mol. The molecule has 14 heavy (non-hydrogen) atoms. The topological polar surface area (TPSA) is 86.5 Å². The minimum Gasteiger partial charge on any atom is -0.396 e. The van der Waals surface area contributed by atoms with Crippen LogP contribution in [0.1, 0.15) is 18.1 Å². The molecule has 0 radical (unpaired) electrons. The normalized spacial score (nSPS) is 15.1. The van der Waals surface area contributed by atoms with Gasteiger partial charge in [0.2, 0.25) is 5.28 Å². The summed E-state index contributed by atoms with van der Waals surface area (Å²) in [6.07, 6.45) is 0.648. The quantitative estimate of drug-likeness (QED) is 0.615. The molecule has 0 bridgehead atoms. The van der Waals surface area contributed by atoms with Crippen LogP contribution in [0.25, 0.3) is 0 Å². The van der Waals surface area contributed by atoms with Crippen LogP contribution in [0.5, 0.6) is 0 Å². The van der Waals surface area contributed by atoms with Crippen LogP contribution < -0.4 is 0 Å². The molecule has 2 atom stereocenters. The summed E-state index contributed by atoms with van der Waals surface area (Å²) in [5.74, 6) is 0. The van der Waals surface area contributed by atoms with Gasteiger partial charge in [-0.1, -0.05) is 0 Å². The summed E-state index contributed by atoms with van der Waals surface area (Å²) in [5.41, 5.74) is 0.371. The first-order chi connectivity index (χ1) is 6.65. The van der Waals surface area contributed by atoms with Crippen molar-refractivity contribution >= 4 is 11.6 Å². The highest BCUT2D eigenvalue weighted by Gasteiger charge is 2.18. The van der Waals surface area contributed by atoms with Gasteiger partial charge in [0.15, 0.2) is 0 Å². The molecule has 2 unspecified atom stereocenters. The number of halogens is 1. The number of hydrogen-bond donors (Lipinski definition) is 3. The van der Waals surface area contributed by atoms with Gasteiger partial charge in [0.25, 0.3) is 0 Å². The van der Waals surface area contributed by atoms with Gasteiger partial charge in [0.05, 0.1) is 6.10 Å². The van der Waals surface area contributed by atoms with Gasteiger partial charge in [-0.05, 0) is 18.0 Å². The summed E-state index contributed by atoms with van der Waals surface area (Å²) < 4.78 is 0. The number of aliphatic hydroxyl groups excluding tert-OH is 3. The largest absolute Gasteiger partial charge is 0.396 e. The van der Waals surface area contributed by atoms with E-state index < -0.39 is 12.2 Å². The Bertz CT molecular complexity index is 280. The minimum absolute atomic E-state index is 0.0811. The van der Waals surface area contributed by atoms with Crippen molar-refractivity contribution in [1.29, 1.82) is 0 Å². The van der Waals surface area contributed by atoms with Crippen LogP contribution in [0.3, 0.4) is 0 Å². The lowest BCUT2D eigenvalue weighted by molar-refractivity contribution is 0.00385. The molecule has 0 saturated carbocycles. The van der Waals surface area contributed by atoms with Crippen LogP contribution in [0, 0.1) is 0 Å². The van der Waals surface area contributed by atoms with Gasteiger partial charge < -0.3 is 15.3 Å². The zero-order valence-electron chi connectivity index (χ0n) is 7.34. The highest BCUT2D eigenvalue weighted by atomic mass is 35.5. The summed E-state index contributed by atoms with van der Waals surface area (Å²) >= 11 is 5.45. The Hall–Kier alpha value is -0.750. The Balaban J connectivity index is 2.68. The average Bonchev–Trinajstić information content (AvgIpc) is 2.18. The molecule has 0 aromatic carbocycles. The third-order valence-corrected chi connectivity index (χ3v) is 1.97. The molecule has 0 fully saturated rings. The highest BCUT2D eigenvalue weighted by Crippen LogP contribution is 2.17. The SMILES string of the molecule is OCCC(O)C(O)c1cnc(Cl)nc1. The first-order valence-electron chi connectivity index (χ1n) is 4.09. The second-order valence-electron chi connectivity index (χ2n) is 2.81. The molecule has 0 saturated heterocycles. The van der Waals surface area contributed by atoms with E-state index in [1.165, 1.54) is 12.4 Å². The summed E-state index contributed by atoms with van der Waals surface area (Å²) in [5, 5.41) is 27.5. The fourth-order valence-electron chi connectivity index (χ4n) is 0.987. The molecule has 0 aliphatic heterocycles. The van der Waals surface area contributed by atoms with E-state index in [-0.39, 0.29) is 18.3 Å². The minimum atomic E-state index is -1.10. The van der Waals surface area contributed by atoms with Crippen molar-refractivity contribution in [2.75, 3.05) is 6.61 Å². The maximum Gasteiger partial charge on any atom is 0.222 e. The first-order valence-corrected chi connectivity index (χ1v) is 4.47. The third-order valence-electron chi connectivity index (χ3n) is 1.77. The summed E-state index contributed by atoms with van der Waals surface area (Å²) in [4.78, 5) is 7.33. The van der Waals surface area contributed by atoms with E-state index in [4.69, 9.17) is 16.7 Å². The van der Waals surface area contributed by atoms with Crippen LogP contribution in [0.4, 0.5) is 0 Å². The van der Waals surface area contributed by atoms with E-state index >= 15 is 0 Å². The maximum atomic E-state index is 9.53. The van der Waals surface area contributed by atoms with Gasteiger partial charge in [-0.2, -0.15) is 0 Å². The Kier molecular flexibility index (Phi) is 4.21. The molecule has 6 heteroatoms. The standard InChI is InChI=1S/C8H11ClN2O3/c9-8-10-3-5(4-11-8)7(14)6(13)1-2-12/h3-4,6-7,12-14H,1-2H2. The molecule has 0 aliphatic carbocycles. The zero-order valence-corrected chi connectivity index (χ0v) is 8.09. The molecular weight excluding hydrogens is 208 g/mol. The van der Waals surface area contributed by atoms with Crippen LogP contribution >= 0.6 is 11.6 Å². The third kappa shape index (κ3) is 2.88. The molecule has 1 aromatic rings. The maximum absolute atomic E-state index is 9.53. The van der Waals surface area contributed by atoms with Crippen LogP contribution in [0.2, 0.25) is 5.28 Å². The van der Waals surface area contributed by atoms with E-state index in [9.17, 15) is 10.2 Å². The Morgan fingerprint density at radius 3 is 2.36 bits per heavy atom. The fourth-order valence-corrected chi connectivity index (χ4v) is 1.08. The molecule has 0 amide bonds. The summed E-state index contributed by atoms with van der Waals surface area (Å²) in [6, 6.07) is 0. The molecule has 1 aromatic heterocycles. The molecule has 0 aliphatic rings. The lowest BCUT2D eigenvalue weighted by atomic mass is 10.1. The molecule has 1 heterocycles. The van der Waals surface area contributed by atoms with E-state index in [0.29, 0.717) is 5.56 Å². The van der Waals surface area contributed by atoms with Crippen LogP contribution in [-0.4, -0.2) is 38.0 Å². The van der Waals surface area contributed by atoms with Crippen LogP contribution in [0.15, 0.2) is 12.4 Å². The fraction of sp³-hybridized carbons (Fsp3) is 0.500. The summed E-state index contributed by atoms with van der Waals surface area (Å²) in [6.45, 7) is -0.188. The zero-order chi connectivity index (χ0) is 10.6. The van der Waals surface area contributed by atoms with Gasteiger partial charge >= 0.3 is 0 Å². The van der Waals surface area contributed by atoms with Crippen molar-refractivity contribution in [2.24, 2.45) is 0 Å². The van der Waals surface area contributed by atoms with Gasteiger partial charge in [0, 0.05) is 24.6 Å². The number of rotatable bonds is 4. The molecule has 78 valence electrons. The number of aliphatic hydroxyl groups is 3. The number of nitrogens with zero attached hydrogens (tertiary/aromatic N) is 2. The second-order valence-corrected chi connectivity index (χ2v) is 3.15. The molecular formula is C8H11ClN2O3. The van der Waals surface area contributed by atoms with E-state index in [2.05, 4.69) is 9.97 Å². The van der Waals surface area contributed by atoms with Crippen molar-refractivity contribution in [3.63, 3.8) is 0 Å². The number of hydrogen-bond acceptors (Lipinski definition) is 5.